The molecule has 3 N–H and O–H groups in total. The van der Waals surface area contributed by atoms with Gasteiger partial charge in [-0.3, -0.25) is 4.79 Å². The lowest BCUT2D eigenvalue weighted by Gasteiger charge is -2.17. The zero-order valence-corrected chi connectivity index (χ0v) is 19.1. The van der Waals surface area contributed by atoms with Crippen LogP contribution in [0.15, 0.2) is 82.8 Å². The van der Waals surface area contributed by atoms with E-state index in [9.17, 15) is 13.2 Å². The number of sulfonamides is 1. The van der Waals surface area contributed by atoms with Gasteiger partial charge in [-0.05, 0) is 53.8 Å². The molecule has 0 spiro atoms. The van der Waals surface area contributed by atoms with Crippen LogP contribution in [-0.2, 0) is 21.4 Å². The van der Waals surface area contributed by atoms with Gasteiger partial charge in [0.05, 0.1) is 11.1 Å². The second-order valence-electron chi connectivity index (χ2n) is 8.14. The summed E-state index contributed by atoms with van der Waals surface area (Å²) in [6.07, 6.45) is 1.96. The van der Waals surface area contributed by atoms with Gasteiger partial charge >= 0.3 is 0 Å². The number of amides is 1. The van der Waals surface area contributed by atoms with Crippen molar-refractivity contribution in [3.8, 4) is 11.1 Å². The third kappa shape index (κ3) is 5.30. The Morgan fingerprint density at radius 2 is 1.82 bits per heavy atom. The number of rotatable bonds is 7. The van der Waals surface area contributed by atoms with Crippen LogP contribution in [0.3, 0.4) is 0 Å². The molecule has 1 saturated heterocycles. The first kappa shape index (κ1) is 22.7. The van der Waals surface area contributed by atoms with Crippen LogP contribution >= 0.6 is 0 Å². The molecular weight excluding hydrogens is 436 g/mol. The van der Waals surface area contributed by atoms with Gasteiger partial charge in [-0.25, -0.2) is 8.42 Å². The first-order chi connectivity index (χ1) is 15.9. The number of benzene rings is 3. The summed E-state index contributed by atoms with van der Waals surface area (Å²) in [6, 6.07) is 21.5. The van der Waals surface area contributed by atoms with E-state index >= 15 is 0 Å². The molecule has 1 aliphatic heterocycles. The van der Waals surface area contributed by atoms with Gasteiger partial charge in [-0.2, -0.15) is 9.82 Å². The van der Waals surface area contributed by atoms with E-state index < -0.39 is 16.1 Å². The Morgan fingerprint density at radius 1 is 1.06 bits per heavy atom. The summed E-state index contributed by atoms with van der Waals surface area (Å²) in [4.78, 5) is 14.7. The fourth-order valence-corrected chi connectivity index (χ4v) is 5.21. The Morgan fingerprint density at radius 3 is 2.55 bits per heavy atom. The molecule has 0 unspecified atom stereocenters. The average molecular weight is 463 g/mol. The normalized spacial score (nSPS) is 16.6. The first-order valence-electron chi connectivity index (χ1n) is 10.7. The SMILES string of the molecule is Cc1cccc(-c2ccc(S(=O)(=O)N[C@H]3CCN(Cc4cccc(C=NN)c4)C3=O)cc2)c1. The van der Waals surface area contributed by atoms with E-state index in [2.05, 4.69) is 9.82 Å². The highest BCUT2D eigenvalue weighted by atomic mass is 32.2. The molecule has 33 heavy (non-hydrogen) atoms. The molecule has 8 heteroatoms. The van der Waals surface area contributed by atoms with Gasteiger partial charge in [0.25, 0.3) is 0 Å². The standard InChI is InChI=1S/C25H26N4O3S/c1-18-4-2-7-22(14-18)21-8-10-23(11-9-21)33(31,32)28-24-12-13-29(25(24)30)17-20-6-3-5-19(15-20)16-27-26/h2-11,14-16,24,28H,12-13,17,26H2,1H3/t24-/m0/s1. The summed E-state index contributed by atoms with van der Waals surface area (Å²) < 4.78 is 28.4. The Balaban J connectivity index is 1.43. The Labute approximate surface area is 194 Å². The number of carbonyl (C=O) groups is 1. The maximum Gasteiger partial charge on any atom is 0.241 e. The van der Waals surface area contributed by atoms with Crippen molar-refractivity contribution < 1.29 is 13.2 Å². The summed E-state index contributed by atoms with van der Waals surface area (Å²) >= 11 is 0. The third-order valence-corrected chi connectivity index (χ3v) is 7.15. The zero-order chi connectivity index (χ0) is 23.4. The fourth-order valence-electron chi connectivity index (χ4n) is 3.99. The van der Waals surface area contributed by atoms with Crippen molar-refractivity contribution in [3.05, 3.63) is 89.5 Å². The van der Waals surface area contributed by atoms with Crippen LogP contribution in [0, 0.1) is 6.92 Å². The number of likely N-dealkylation sites (tertiary alicyclic amines) is 1. The van der Waals surface area contributed by atoms with Crippen LogP contribution < -0.4 is 10.6 Å². The van der Waals surface area contributed by atoms with E-state index in [4.69, 9.17) is 5.84 Å². The van der Waals surface area contributed by atoms with Crippen molar-refractivity contribution in [2.75, 3.05) is 6.54 Å². The lowest BCUT2D eigenvalue weighted by Crippen LogP contribution is -2.41. The molecule has 3 aromatic rings. The molecule has 3 aromatic carbocycles. The number of nitrogens with one attached hydrogen (secondary N) is 1. The number of nitrogens with two attached hydrogens (primary N) is 1. The van der Waals surface area contributed by atoms with Crippen molar-refractivity contribution in [2.24, 2.45) is 10.9 Å². The van der Waals surface area contributed by atoms with Crippen LogP contribution in [0.5, 0.6) is 0 Å². The van der Waals surface area contributed by atoms with Crippen molar-refractivity contribution >= 4 is 22.1 Å². The number of hydrogen-bond acceptors (Lipinski definition) is 5. The smallest absolute Gasteiger partial charge is 0.241 e. The third-order valence-electron chi connectivity index (χ3n) is 5.66. The molecular formula is C25H26N4O3S. The molecule has 7 nitrogen and oxygen atoms in total. The minimum absolute atomic E-state index is 0.138. The Kier molecular flexibility index (Phi) is 6.57. The highest BCUT2D eigenvalue weighted by Gasteiger charge is 2.34. The molecule has 0 bridgehead atoms. The minimum atomic E-state index is -3.82. The molecule has 4 rings (SSSR count). The topological polar surface area (TPSA) is 105 Å². The Hall–Kier alpha value is -3.49. The molecule has 0 radical (unpaired) electrons. The predicted octanol–water partition coefficient (Wildman–Crippen LogP) is 3.03. The number of carbonyl (C=O) groups excluding carboxylic acids is 1. The van der Waals surface area contributed by atoms with Crippen molar-refractivity contribution in [3.63, 3.8) is 0 Å². The van der Waals surface area contributed by atoms with Crippen molar-refractivity contribution in [2.45, 2.75) is 30.8 Å². The molecule has 170 valence electrons. The molecule has 0 aliphatic carbocycles. The summed E-state index contributed by atoms with van der Waals surface area (Å²) in [7, 11) is -3.82. The first-order valence-corrected chi connectivity index (χ1v) is 12.1. The van der Waals surface area contributed by atoms with E-state index in [1.807, 2.05) is 55.5 Å². The molecule has 1 heterocycles. The maximum absolute atomic E-state index is 12.9. The largest absolute Gasteiger partial charge is 0.337 e. The van der Waals surface area contributed by atoms with Gasteiger partial charge in [0.15, 0.2) is 0 Å². The molecule has 1 amide bonds. The molecule has 1 aliphatic rings. The van der Waals surface area contributed by atoms with E-state index in [1.54, 1.807) is 29.2 Å². The van der Waals surface area contributed by atoms with E-state index in [1.165, 1.54) is 6.21 Å². The minimum Gasteiger partial charge on any atom is -0.337 e. The molecule has 1 fully saturated rings. The van der Waals surface area contributed by atoms with Crippen LogP contribution in [0.4, 0.5) is 0 Å². The number of aryl methyl sites for hydroxylation is 1. The van der Waals surface area contributed by atoms with Crippen LogP contribution in [0.1, 0.15) is 23.1 Å². The second kappa shape index (κ2) is 9.56. The van der Waals surface area contributed by atoms with Crippen LogP contribution in [0.2, 0.25) is 0 Å². The lowest BCUT2D eigenvalue weighted by molar-refractivity contribution is -0.129. The average Bonchev–Trinajstić information content (AvgIpc) is 3.13. The summed E-state index contributed by atoms with van der Waals surface area (Å²) in [6.45, 7) is 2.89. The predicted molar refractivity (Wildman–Crippen MR) is 129 cm³/mol. The van der Waals surface area contributed by atoms with Crippen LogP contribution in [0.25, 0.3) is 11.1 Å². The summed E-state index contributed by atoms with van der Waals surface area (Å²) in [5.41, 5.74) is 4.86. The van der Waals surface area contributed by atoms with Crippen molar-refractivity contribution in [1.82, 2.24) is 9.62 Å². The fraction of sp³-hybridized carbons (Fsp3) is 0.200. The Bertz CT molecular complexity index is 1290. The lowest BCUT2D eigenvalue weighted by atomic mass is 10.0. The second-order valence-corrected chi connectivity index (χ2v) is 9.85. The number of hydrogen-bond donors (Lipinski definition) is 2. The van der Waals surface area contributed by atoms with Crippen LogP contribution in [-0.4, -0.2) is 38.0 Å². The van der Waals surface area contributed by atoms with Crippen molar-refractivity contribution in [1.29, 1.82) is 0 Å². The van der Waals surface area contributed by atoms with Gasteiger partial charge in [-0.15, -0.1) is 0 Å². The molecule has 0 saturated carbocycles. The highest BCUT2D eigenvalue weighted by molar-refractivity contribution is 7.89. The number of hydrazone groups is 1. The van der Waals surface area contributed by atoms with Gasteiger partial charge in [0.2, 0.25) is 15.9 Å². The molecule has 0 aromatic heterocycles. The van der Waals surface area contributed by atoms with Gasteiger partial charge in [0.1, 0.15) is 6.04 Å². The maximum atomic E-state index is 12.9. The number of nitrogens with zero attached hydrogens (tertiary/aromatic N) is 2. The molecule has 1 atom stereocenters. The van der Waals surface area contributed by atoms with E-state index in [-0.39, 0.29) is 10.8 Å². The van der Waals surface area contributed by atoms with Gasteiger partial charge in [-0.1, -0.05) is 60.2 Å². The zero-order valence-electron chi connectivity index (χ0n) is 18.3. The van der Waals surface area contributed by atoms with E-state index in [0.29, 0.717) is 19.5 Å². The van der Waals surface area contributed by atoms with Gasteiger partial charge < -0.3 is 10.7 Å². The van der Waals surface area contributed by atoms with E-state index in [0.717, 1.165) is 27.8 Å². The summed E-state index contributed by atoms with van der Waals surface area (Å²) in [5.74, 6) is 4.98. The highest BCUT2D eigenvalue weighted by Crippen LogP contribution is 2.23. The monoisotopic (exact) mass is 462 g/mol. The quantitative estimate of drug-likeness (QED) is 0.320. The van der Waals surface area contributed by atoms with Gasteiger partial charge in [0, 0.05) is 13.1 Å². The summed E-state index contributed by atoms with van der Waals surface area (Å²) in [5, 5.41) is 3.52.